The molecule has 50 heavy (non-hydrogen) atoms. The molecule has 0 saturated carbocycles. The number of hydrogen-bond acceptors (Lipinski definition) is 3. The Morgan fingerprint density at radius 1 is 0.400 bits per heavy atom. The van der Waals surface area contributed by atoms with Crippen LogP contribution in [0, 0.1) is 34.0 Å². The van der Waals surface area contributed by atoms with Gasteiger partial charge < -0.3 is 9.13 Å². The number of rotatable bonds is 4. The van der Waals surface area contributed by atoms with E-state index < -0.39 is 0 Å². The van der Waals surface area contributed by atoms with Gasteiger partial charge in [-0.05, 0) is 77.9 Å². The minimum absolute atomic E-state index is 0.515. The van der Waals surface area contributed by atoms with Gasteiger partial charge in [0.1, 0.15) is 0 Å². The van der Waals surface area contributed by atoms with Gasteiger partial charge >= 0.3 is 0 Å². The summed E-state index contributed by atoms with van der Waals surface area (Å²) in [6.45, 7) is 0. The molecule has 2 heterocycles. The maximum Gasteiger partial charge on any atom is 0.0998 e. The smallest absolute Gasteiger partial charge is 0.0998 e. The summed E-state index contributed by atoms with van der Waals surface area (Å²) in [5.41, 5.74) is 10.7. The molecule has 2 aromatic heterocycles. The Kier molecular flexibility index (Phi) is 6.56. The second kappa shape index (κ2) is 11.4. The van der Waals surface area contributed by atoms with Gasteiger partial charge in [0.2, 0.25) is 0 Å². The molecule has 5 nitrogen and oxygen atoms in total. The Morgan fingerprint density at radius 2 is 0.960 bits per heavy atom. The Hall–Kier alpha value is -7.39. The van der Waals surface area contributed by atoms with Crippen molar-refractivity contribution in [3.63, 3.8) is 0 Å². The lowest BCUT2D eigenvalue weighted by Crippen LogP contribution is -2.01. The van der Waals surface area contributed by atoms with Gasteiger partial charge in [0.05, 0.1) is 62.7 Å². The largest absolute Gasteiger partial charge is 0.309 e. The van der Waals surface area contributed by atoms with Crippen molar-refractivity contribution < 1.29 is 0 Å². The van der Waals surface area contributed by atoms with Gasteiger partial charge in [0, 0.05) is 38.4 Å². The number of benzene rings is 7. The molecule has 0 N–H and O–H groups in total. The summed E-state index contributed by atoms with van der Waals surface area (Å²) in [7, 11) is 0. The van der Waals surface area contributed by atoms with Gasteiger partial charge in [-0.3, -0.25) is 0 Å². The highest BCUT2D eigenvalue weighted by atomic mass is 15.0. The van der Waals surface area contributed by atoms with E-state index in [0.29, 0.717) is 16.7 Å². The monoisotopic (exact) mass is 635 g/mol. The summed E-state index contributed by atoms with van der Waals surface area (Å²) in [6.07, 6.45) is 0. The standard InChI is InChI=1S/C45H25N5/c46-26-29-22-23-42-38(24-29)36-16-3-4-18-39(36)49(42)33-13-7-10-30(25-33)44-31(27-47)11-8-17-37(44)45-32(28-48)12-9-21-43(45)50-40-19-5-1-14-34(40)35-15-2-6-20-41(35)50/h1-25H. The van der Waals surface area contributed by atoms with Gasteiger partial charge in [-0.15, -0.1) is 0 Å². The summed E-state index contributed by atoms with van der Waals surface area (Å²) in [5, 5.41) is 35.1. The summed E-state index contributed by atoms with van der Waals surface area (Å²) >= 11 is 0. The van der Waals surface area contributed by atoms with Crippen LogP contribution in [-0.2, 0) is 0 Å². The third-order valence-electron chi connectivity index (χ3n) is 9.63. The summed E-state index contributed by atoms with van der Waals surface area (Å²) in [4.78, 5) is 0. The predicted octanol–water partition coefficient (Wildman–Crippen LogP) is 10.8. The van der Waals surface area contributed by atoms with Crippen molar-refractivity contribution in [3.05, 3.63) is 168 Å². The maximum absolute atomic E-state index is 10.6. The Bertz CT molecular complexity index is 2920. The van der Waals surface area contributed by atoms with Gasteiger partial charge in [-0.2, -0.15) is 15.8 Å². The molecule has 0 atom stereocenters. The molecule has 9 aromatic rings. The third-order valence-corrected chi connectivity index (χ3v) is 9.63. The van der Waals surface area contributed by atoms with Crippen LogP contribution in [0.2, 0.25) is 0 Å². The second-order valence-electron chi connectivity index (χ2n) is 12.3. The van der Waals surface area contributed by atoms with Crippen molar-refractivity contribution in [2.24, 2.45) is 0 Å². The van der Waals surface area contributed by atoms with E-state index in [1.807, 2.05) is 97.1 Å². The van der Waals surface area contributed by atoms with Crippen LogP contribution in [0.15, 0.2) is 152 Å². The zero-order chi connectivity index (χ0) is 33.8. The van der Waals surface area contributed by atoms with Crippen molar-refractivity contribution in [3.8, 4) is 51.8 Å². The average Bonchev–Trinajstić information content (AvgIpc) is 3.70. The SMILES string of the molecule is N#Cc1ccc2c(c1)c1ccccc1n2-c1cccc(-c2c(C#N)cccc2-c2c(C#N)cccc2-n2c3ccccc3c3ccccc32)c1. The molecule has 230 valence electrons. The van der Waals surface area contributed by atoms with Crippen molar-refractivity contribution in [1.82, 2.24) is 9.13 Å². The van der Waals surface area contributed by atoms with E-state index in [0.717, 1.165) is 77.2 Å². The first-order valence-corrected chi connectivity index (χ1v) is 16.3. The molecule has 7 aromatic carbocycles. The van der Waals surface area contributed by atoms with Gasteiger partial charge in [-0.25, -0.2) is 0 Å². The zero-order valence-electron chi connectivity index (χ0n) is 26.7. The van der Waals surface area contributed by atoms with E-state index in [1.165, 1.54) is 0 Å². The molecular weight excluding hydrogens is 611 g/mol. The van der Waals surface area contributed by atoms with Crippen molar-refractivity contribution >= 4 is 43.6 Å². The fraction of sp³-hybridized carbons (Fsp3) is 0. The first-order chi connectivity index (χ1) is 24.7. The van der Waals surface area contributed by atoms with Crippen LogP contribution >= 0.6 is 0 Å². The summed E-state index contributed by atoms with van der Waals surface area (Å²) < 4.78 is 4.43. The Morgan fingerprint density at radius 3 is 1.62 bits per heavy atom. The van der Waals surface area contributed by atoms with E-state index in [2.05, 4.69) is 81.9 Å². The van der Waals surface area contributed by atoms with Crippen LogP contribution in [0.5, 0.6) is 0 Å². The zero-order valence-corrected chi connectivity index (χ0v) is 26.7. The average molecular weight is 636 g/mol. The second-order valence-corrected chi connectivity index (χ2v) is 12.3. The first kappa shape index (κ1) is 28.8. The highest BCUT2D eigenvalue weighted by Gasteiger charge is 2.22. The molecule has 0 bridgehead atoms. The van der Waals surface area contributed by atoms with Crippen LogP contribution in [0.25, 0.3) is 77.2 Å². The number of fused-ring (bicyclic) bond motifs is 6. The quantitative estimate of drug-likeness (QED) is 0.193. The van der Waals surface area contributed by atoms with E-state index in [1.54, 1.807) is 0 Å². The van der Waals surface area contributed by atoms with Crippen LogP contribution in [0.4, 0.5) is 0 Å². The molecule has 0 spiro atoms. The topological polar surface area (TPSA) is 81.2 Å². The fourth-order valence-electron chi connectivity index (χ4n) is 7.57. The van der Waals surface area contributed by atoms with Crippen molar-refractivity contribution in [1.29, 1.82) is 15.8 Å². The highest BCUT2D eigenvalue weighted by Crippen LogP contribution is 2.43. The minimum atomic E-state index is 0.515. The van der Waals surface area contributed by atoms with Gasteiger partial charge in [0.25, 0.3) is 0 Å². The molecule has 0 saturated heterocycles. The van der Waals surface area contributed by atoms with Crippen LogP contribution in [-0.4, -0.2) is 9.13 Å². The van der Waals surface area contributed by atoms with Crippen molar-refractivity contribution in [2.45, 2.75) is 0 Å². The molecule has 0 aliphatic heterocycles. The number of nitrogens with zero attached hydrogens (tertiary/aromatic N) is 5. The fourth-order valence-corrected chi connectivity index (χ4v) is 7.57. The van der Waals surface area contributed by atoms with E-state index in [4.69, 9.17) is 0 Å². The van der Waals surface area contributed by atoms with Crippen LogP contribution in [0.1, 0.15) is 16.7 Å². The van der Waals surface area contributed by atoms with Crippen LogP contribution in [0.3, 0.4) is 0 Å². The molecule has 0 aliphatic rings. The van der Waals surface area contributed by atoms with Crippen molar-refractivity contribution in [2.75, 3.05) is 0 Å². The molecule has 0 unspecified atom stereocenters. The maximum atomic E-state index is 10.6. The molecule has 0 aliphatic carbocycles. The Balaban J connectivity index is 1.33. The minimum Gasteiger partial charge on any atom is -0.309 e. The molecule has 0 amide bonds. The summed E-state index contributed by atoms with van der Waals surface area (Å²) in [6, 6.07) is 57.6. The number of aromatic nitrogens is 2. The predicted molar refractivity (Wildman–Crippen MR) is 200 cm³/mol. The molecule has 9 rings (SSSR count). The highest BCUT2D eigenvalue weighted by molar-refractivity contribution is 6.11. The van der Waals surface area contributed by atoms with Gasteiger partial charge in [-0.1, -0.05) is 84.9 Å². The lowest BCUT2D eigenvalue weighted by molar-refractivity contribution is 1.18. The third kappa shape index (κ3) is 4.24. The first-order valence-electron chi connectivity index (χ1n) is 16.3. The van der Waals surface area contributed by atoms with E-state index >= 15 is 0 Å². The molecular formula is C45H25N5. The normalized spacial score (nSPS) is 11.1. The van der Waals surface area contributed by atoms with E-state index in [-0.39, 0.29) is 0 Å². The van der Waals surface area contributed by atoms with E-state index in [9.17, 15) is 15.8 Å². The molecule has 5 heteroatoms. The number of hydrogen-bond donors (Lipinski definition) is 0. The Labute approximate surface area is 287 Å². The van der Waals surface area contributed by atoms with Crippen LogP contribution < -0.4 is 0 Å². The lowest BCUT2D eigenvalue weighted by atomic mass is 9.87. The lowest BCUT2D eigenvalue weighted by Gasteiger charge is -2.19. The number of para-hydroxylation sites is 3. The summed E-state index contributed by atoms with van der Waals surface area (Å²) in [5.74, 6) is 0. The van der Waals surface area contributed by atoms with Gasteiger partial charge in [0.15, 0.2) is 0 Å². The molecule has 0 radical (unpaired) electrons. The molecule has 0 fully saturated rings. The number of nitriles is 3.